The fraction of sp³-hybridized carbons (Fsp3) is 0.200. The average Bonchev–Trinajstić information content (AvgIpc) is 3.38. The van der Waals surface area contributed by atoms with Crippen LogP contribution in [-0.4, -0.2) is 64.6 Å². The molecule has 0 aliphatic carbocycles. The summed E-state index contributed by atoms with van der Waals surface area (Å²) >= 11 is 0. The quantitative estimate of drug-likeness (QED) is 0.133. The fourth-order valence-electron chi connectivity index (χ4n) is 18.1. The predicted molar refractivity (Wildman–Crippen MR) is 312 cm³/mol. The SMILES string of the molecule is c1ccc([Si]23C[Si]4(c5ccccc5)C[Si]5(c6ccccc6)C[Si](c6ccccc6)(C2)C[Si]2(c6ccccc6)C[Si](c6ccccc6)(C3)C[Si](c3ccccc3)(C4)C[Si](c3ccccc3)(C5)C2)cc1. The highest BCUT2D eigenvalue weighted by atomic mass is 28.5. The summed E-state index contributed by atoms with van der Waals surface area (Å²) in [5.74, 6) is 0. The van der Waals surface area contributed by atoms with Crippen molar-refractivity contribution >= 4 is 106 Å². The zero-order chi connectivity index (χ0) is 45.4. The summed E-state index contributed by atoms with van der Waals surface area (Å²) in [7, 11) is -18.5. The third kappa shape index (κ3) is 6.99. The van der Waals surface area contributed by atoms with Gasteiger partial charge in [-0.3, -0.25) is 0 Å². The zero-order valence-corrected chi connectivity index (χ0v) is 47.6. The lowest BCUT2D eigenvalue weighted by Crippen LogP contribution is -2.87. The largest absolute Gasteiger partial charge is 0.0799 e. The first-order valence-electron chi connectivity index (χ1n) is 25.8. The molecule has 8 bridgehead atoms. The summed E-state index contributed by atoms with van der Waals surface area (Å²) < 4.78 is 0. The Morgan fingerprint density at radius 2 is 0.221 bits per heavy atom. The molecule has 6 saturated heterocycles. The van der Waals surface area contributed by atoms with Crippen molar-refractivity contribution in [3.05, 3.63) is 243 Å². The second-order valence-corrected chi connectivity index (χ2v) is 65.4. The van der Waals surface area contributed by atoms with Crippen molar-refractivity contribution in [2.24, 2.45) is 0 Å². The number of hydrogen-bond donors (Lipinski definition) is 0. The molecule has 8 aromatic rings. The molecule has 14 rings (SSSR count). The smallest absolute Gasteiger partial charge is 0.0630 e. The van der Waals surface area contributed by atoms with Crippen LogP contribution < -0.4 is 41.5 Å². The summed E-state index contributed by atoms with van der Waals surface area (Å²) in [6.45, 7) is 0. The molecule has 0 spiro atoms. The molecule has 8 aromatic carbocycles. The predicted octanol–water partition coefficient (Wildman–Crippen LogP) is 9.37. The van der Waals surface area contributed by atoms with Crippen LogP contribution in [0.2, 0.25) is 68.0 Å². The lowest BCUT2D eigenvalue weighted by molar-refractivity contribution is 1.22. The van der Waals surface area contributed by atoms with E-state index in [-0.39, 0.29) is 0 Å². The lowest BCUT2D eigenvalue weighted by atomic mass is 10.4. The molecular formula is C60H64Si8. The second kappa shape index (κ2) is 16.6. The minimum atomic E-state index is -2.32. The van der Waals surface area contributed by atoms with Gasteiger partial charge in [-0.25, -0.2) is 0 Å². The summed E-state index contributed by atoms with van der Waals surface area (Å²) in [6.07, 6.45) is 0. The maximum Gasteiger partial charge on any atom is 0.0799 e. The van der Waals surface area contributed by atoms with Crippen LogP contribution in [-0.2, 0) is 0 Å². The zero-order valence-electron chi connectivity index (χ0n) is 39.6. The van der Waals surface area contributed by atoms with E-state index in [1.54, 1.807) is 68.0 Å². The molecule has 6 fully saturated rings. The average molecular weight is 1010 g/mol. The Morgan fingerprint density at radius 1 is 0.132 bits per heavy atom. The van der Waals surface area contributed by atoms with Crippen molar-refractivity contribution in [2.45, 2.75) is 68.0 Å². The highest BCUT2D eigenvalue weighted by Gasteiger charge is 2.74. The van der Waals surface area contributed by atoms with E-state index < -0.39 is 64.6 Å². The molecular weight excluding hydrogens is 945 g/mol. The molecule has 336 valence electrons. The maximum atomic E-state index is 2.73. The molecule has 0 nitrogen and oxygen atoms in total. The van der Waals surface area contributed by atoms with Crippen LogP contribution in [0.3, 0.4) is 0 Å². The van der Waals surface area contributed by atoms with Gasteiger partial charge in [-0.2, -0.15) is 0 Å². The van der Waals surface area contributed by atoms with E-state index in [1.807, 2.05) is 41.5 Å². The maximum absolute atomic E-state index is 2.73. The molecule has 6 heterocycles. The number of hydrogen-bond acceptors (Lipinski definition) is 0. The lowest BCUT2D eigenvalue weighted by Gasteiger charge is -2.68. The van der Waals surface area contributed by atoms with Crippen LogP contribution >= 0.6 is 0 Å². The Balaban J connectivity index is 1.26. The molecule has 0 atom stereocenters. The van der Waals surface area contributed by atoms with Gasteiger partial charge in [0.15, 0.2) is 0 Å². The minimum Gasteiger partial charge on any atom is -0.0630 e. The van der Waals surface area contributed by atoms with E-state index in [4.69, 9.17) is 0 Å². The molecule has 6 aliphatic heterocycles. The summed E-state index contributed by atoms with van der Waals surface area (Å²) in [5, 5.41) is 14.7. The van der Waals surface area contributed by atoms with Crippen molar-refractivity contribution in [2.75, 3.05) is 0 Å². The summed E-state index contributed by atoms with van der Waals surface area (Å²) in [6, 6.07) is 102. The van der Waals surface area contributed by atoms with Gasteiger partial charge in [0.1, 0.15) is 0 Å². The Hall–Kier alpha value is -4.50. The molecule has 0 amide bonds. The van der Waals surface area contributed by atoms with Gasteiger partial charge in [-0.1, -0.05) is 352 Å². The van der Waals surface area contributed by atoms with Crippen LogP contribution in [0, 0.1) is 0 Å². The first kappa shape index (κ1) is 43.5. The van der Waals surface area contributed by atoms with Crippen LogP contribution in [0.1, 0.15) is 0 Å². The first-order valence-corrected chi connectivity index (χ1v) is 46.7. The third-order valence-corrected chi connectivity index (χ3v) is 96.6. The van der Waals surface area contributed by atoms with Gasteiger partial charge in [0, 0.05) is 0 Å². The topological polar surface area (TPSA) is 0 Å². The molecule has 0 N–H and O–H groups in total. The molecule has 68 heavy (non-hydrogen) atoms. The number of benzene rings is 8. The van der Waals surface area contributed by atoms with Crippen molar-refractivity contribution in [1.82, 2.24) is 0 Å². The highest BCUT2D eigenvalue weighted by Crippen LogP contribution is 2.60. The Labute approximate surface area is 413 Å². The van der Waals surface area contributed by atoms with Crippen molar-refractivity contribution < 1.29 is 0 Å². The van der Waals surface area contributed by atoms with Gasteiger partial charge < -0.3 is 0 Å². The van der Waals surface area contributed by atoms with Crippen molar-refractivity contribution in [3.63, 3.8) is 0 Å². The van der Waals surface area contributed by atoms with Crippen LogP contribution in [0.4, 0.5) is 0 Å². The van der Waals surface area contributed by atoms with Crippen LogP contribution in [0.25, 0.3) is 0 Å². The van der Waals surface area contributed by atoms with Crippen LogP contribution in [0.15, 0.2) is 243 Å². The molecule has 0 saturated carbocycles. The molecule has 8 heteroatoms. The molecule has 0 unspecified atom stereocenters. The van der Waals surface area contributed by atoms with Gasteiger partial charge in [-0.05, 0) is 0 Å². The molecule has 0 radical (unpaired) electrons. The molecule has 6 aliphatic rings. The van der Waals surface area contributed by atoms with E-state index in [1.165, 1.54) is 0 Å². The van der Waals surface area contributed by atoms with E-state index in [0.717, 1.165) is 0 Å². The highest BCUT2D eigenvalue weighted by molar-refractivity contribution is 7.40. The minimum absolute atomic E-state index is 1.56. The standard InChI is InChI=1S/C60H64Si8/c1-9-25-53(26-10-1)61-41-62(54-27-11-2-12-28-54)44-65(57-33-17-5-18-34-57)46-63(42-61,55-29-13-3-14-30-55)48-67(59-37-21-7-22-38-59)49-64(43-61,56-31-15-4-16-32-56)47-66(45-62,58-35-19-6-20-36-58)51-68(50-65,52-67)60-39-23-8-24-40-60/h1-40H,41-52H2. The second-order valence-electron chi connectivity index (χ2n) is 23.3. The van der Waals surface area contributed by atoms with E-state index in [2.05, 4.69) is 243 Å². The normalized spacial score (nSPS) is 33.6. The third-order valence-electron chi connectivity index (χ3n) is 19.2. The van der Waals surface area contributed by atoms with Gasteiger partial charge >= 0.3 is 0 Å². The number of rotatable bonds is 8. The van der Waals surface area contributed by atoms with E-state index in [9.17, 15) is 0 Å². The Kier molecular flexibility index (Phi) is 10.6. The Morgan fingerprint density at radius 3 is 0.309 bits per heavy atom. The summed E-state index contributed by atoms with van der Waals surface area (Å²) in [4.78, 5) is 0. The monoisotopic (exact) mass is 1010 g/mol. The summed E-state index contributed by atoms with van der Waals surface area (Å²) in [5.41, 5.74) is 18.7. The molecule has 0 aromatic heterocycles. The van der Waals surface area contributed by atoms with E-state index in [0.29, 0.717) is 0 Å². The van der Waals surface area contributed by atoms with E-state index >= 15 is 0 Å². The Bertz CT molecular complexity index is 2330. The fourth-order valence-corrected chi connectivity index (χ4v) is 146. The first-order chi connectivity index (χ1) is 33.3. The van der Waals surface area contributed by atoms with Crippen LogP contribution in [0.5, 0.6) is 0 Å². The van der Waals surface area contributed by atoms with Gasteiger partial charge in [0.05, 0.1) is 64.6 Å². The van der Waals surface area contributed by atoms with Gasteiger partial charge in [0.25, 0.3) is 0 Å². The van der Waals surface area contributed by atoms with Crippen molar-refractivity contribution in [3.8, 4) is 0 Å². The van der Waals surface area contributed by atoms with Gasteiger partial charge in [-0.15, -0.1) is 0 Å². The van der Waals surface area contributed by atoms with Crippen molar-refractivity contribution in [1.29, 1.82) is 0 Å². The van der Waals surface area contributed by atoms with Gasteiger partial charge in [0.2, 0.25) is 0 Å².